The van der Waals surface area contributed by atoms with Gasteiger partial charge in [0.05, 0.1) is 6.04 Å². The average Bonchev–Trinajstić information content (AvgIpc) is 3.35. The van der Waals surface area contributed by atoms with Crippen LogP contribution in [-0.2, 0) is 17.0 Å². The van der Waals surface area contributed by atoms with Gasteiger partial charge in [-0.1, -0.05) is 29.8 Å². The highest BCUT2D eigenvalue weighted by Gasteiger charge is 2.22. The Labute approximate surface area is 182 Å². The highest BCUT2D eigenvalue weighted by atomic mass is 32.2. The monoisotopic (exact) mass is 422 g/mol. The van der Waals surface area contributed by atoms with Crippen molar-refractivity contribution in [2.45, 2.75) is 39.1 Å². The van der Waals surface area contributed by atoms with Crippen LogP contribution in [0.5, 0.6) is 0 Å². The third-order valence-electron chi connectivity index (χ3n) is 5.42. The minimum atomic E-state index is -0.193. The van der Waals surface area contributed by atoms with Crippen molar-refractivity contribution < 1.29 is 9.13 Å². The van der Waals surface area contributed by atoms with Crippen molar-refractivity contribution in [3.05, 3.63) is 94.1 Å². The molecular weight excluding hydrogens is 395 g/mol. The molecule has 3 nitrogen and oxygen atoms in total. The van der Waals surface area contributed by atoms with Crippen LogP contribution < -0.4 is 0 Å². The second-order valence-electron chi connectivity index (χ2n) is 7.94. The molecule has 2 heterocycles. The molecule has 3 aromatic rings. The number of nitrogens with zero attached hydrogens (tertiary/aromatic N) is 2. The van der Waals surface area contributed by atoms with Crippen LogP contribution in [0.2, 0.25) is 0 Å². The fourth-order valence-electron chi connectivity index (χ4n) is 3.91. The first kappa shape index (κ1) is 20.7. The Hall–Kier alpha value is -2.53. The van der Waals surface area contributed by atoms with Crippen LogP contribution in [0.4, 0.5) is 4.39 Å². The molecule has 0 amide bonds. The Bertz CT molecular complexity index is 1030. The Kier molecular flexibility index (Phi) is 6.28. The predicted octanol–water partition coefficient (Wildman–Crippen LogP) is 5.68. The molecule has 1 atom stereocenters. The Morgan fingerprint density at radius 2 is 1.83 bits per heavy atom. The maximum atomic E-state index is 13.0. The molecule has 0 N–H and O–H groups in total. The summed E-state index contributed by atoms with van der Waals surface area (Å²) in [7, 11) is 0. The molecule has 156 valence electrons. The molecule has 30 heavy (non-hydrogen) atoms. The van der Waals surface area contributed by atoms with Gasteiger partial charge in [0.25, 0.3) is 0 Å². The van der Waals surface area contributed by atoms with E-state index in [1.807, 2.05) is 12.1 Å². The van der Waals surface area contributed by atoms with Gasteiger partial charge in [0.15, 0.2) is 0 Å². The second-order valence-corrected chi connectivity index (χ2v) is 8.97. The number of hydrogen-bond acceptors (Lipinski definition) is 3. The van der Waals surface area contributed by atoms with Crippen molar-refractivity contribution in [1.29, 1.82) is 0 Å². The lowest BCUT2D eigenvalue weighted by Gasteiger charge is -2.14. The van der Waals surface area contributed by atoms with E-state index in [-0.39, 0.29) is 11.9 Å². The summed E-state index contributed by atoms with van der Waals surface area (Å²) in [6.45, 7) is 7.92. The fourth-order valence-corrected chi connectivity index (χ4v) is 4.90. The molecule has 0 saturated heterocycles. The van der Waals surface area contributed by atoms with Crippen LogP contribution in [0.3, 0.4) is 0 Å². The third-order valence-corrected chi connectivity index (χ3v) is 6.58. The van der Waals surface area contributed by atoms with Crippen molar-refractivity contribution >= 4 is 17.7 Å². The topological polar surface area (TPSA) is 26.5 Å². The number of benzene rings is 2. The number of rotatable bonds is 7. The molecule has 0 bridgehead atoms. The summed E-state index contributed by atoms with van der Waals surface area (Å²) in [6, 6.07) is 15.5. The van der Waals surface area contributed by atoms with Gasteiger partial charge in [-0.3, -0.25) is 0 Å². The number of aromatic nitrogens is 1. The molecule has 1 aliphatic rings. The smallest absolute Gasteiger partial charge is 0.233 e. The lowest BCUT2D eigenvalue weighted by atomic mass is 10.00. The first-order valence-electron chi connectivity index (χ1n) is 10.2. The highest BCUT2D eigenvalue weighted by Crippen LogP contribution is 2.22. The van der Waals surface area contributed by atoms with Crippen molar-refractivity contribution in [1.82, 2.24) is 4.57 Å². The Morgan fingerprint density at radius 1 is 1.10 bits per heavy atom. The maximum Gasteiger partial charge on any atom is 0.233 e. The zero-order valence-corrected chi connectivity index (χ0v) is 18.5. The van der Waals surface area contributed by atoms with Gasteiger partial charge in [0.1, 0.15) is 18.1 Å². The summed E-state index contributed by atoms with van der Waals surface area (Å²) in [5, 5.41) is 0. The fraction of sp³-hybridized carbons (Fsp3) is 0.320. The molecule has 0 radical (unpaired) electrons. The predicted molar refractivity (Wildman–Crippen MR) is 123 cm³/mol. The molecule has 5 heteroatoms. The quantitative estimate of drug-likeness (QED) is 0.490. The van der Waals surface area contributed by atoms with E-state index >= 15 is 0 Å². The molecule has 4 rings (SSSR count). The molecule has 1 aromatic heterocycles. The van der Waals surface area contributed by atoms with Gasteiger partial charge in [-0.15, -0.1) is 0 Å². The van der Waals surface area contributed by atoms with Gasteiger partial charge in [-0.25, -0.2) is 9.38 Å². The summed E-state index contributed by atoms with van der Waals surface area (Å²) >= 11 is 1.80. The third kappa shape index (κ3) is 4.78. The van der Waals surface area contributed by atoms with Crippen LogP contribution in [0.25, 0.3) is 0 Å². The van der Waals surface area contributed by atoms with Crippen molar-refractivity contribution in [3.63, 3.8) is 0 Å². The van der Waals surface area contributed by atoms with E-state index in [1.54, 1.807) is 11.8 Å². The highest BCUT2D eigenvalue weighted by molar-refractivity contribution is 7.98. The zero-order chi connectivity index (χ0) is 21.1. The summed E-state index contributed by atoms with van der Waals surface area (Å²) in [6.07, 6.45) is 2.09. The summed E-state index contributed by atoms with van der Waals surface area (Å²) in [5.74, 6) is 2.28. The first-order chi connectivity index (χ1) is 14.5. The molecule has 0 saturated carbocycles. The van der Waals surface area contributed by atoms with Gasteiger partial charge in [-0.2, -0.15) is 11.8 Å². The SMILES string of the molecule is Cc1cc(C)c(Cn2cccc2C2=NC(CSCc3ccc(F)cc3)CO2)c(C)c1. The van der Waals surface area contributed by atoms with Crippen LogP contribution >= 0.6 is 11.8 Å². The zero-order valence-electron chi connectivity index (χ0n) is 17.7. The molecular formula is C25H27FN2OS. The number of ether oxygens (including phenoxy) is 1. The summed E-state index contributed by atoms with van der Waals surface area (Å²) < 4.78 is 21.2. The van der Waals surface area contributed by atoms with E-state index in [1.165, 1.54) is 34.4 Å². The lowest BCUT2D eigenvalue weighted by Crippen LogP contribution is -2.12. The van der Waals surface area contributed by atoms with Gasteiger partial charge >= 0.3 is 0 Å². The standard InChI is InChI=1S/C25H27FN2OS/c1-17-11-18(2)23(19(3)12-17)13-28-10-4-5-24(28)25-27-22(14-29-25)16-30-15-20-6-8-21(26)9-7-20/h4-12,22H,13-16H2,1-3H3. The van der Waals surface area contributed by atoms with Crippen molar-refractivity contribution in [2.75, 3.05) is 12.4 Å². The van der Waals surface area contributed by atoms with Gasteiger partial charge in [0, 0.05) is 24.2 Å². The molecule has 1 unspecified atom stereocenters. The van der Waals surface area contributed by atoms with Crippen LogP contribution in [0.1, 0.15) is 33.5 Å². The van der Waals surface area contributed by atoms with Crippen LogP contribution in [-0.4, -0.2) is 28.9 Å². The van der Waals surface area contributed by atoms with E-state index in [0.717, 1.165) is 35.2 Å². The van der Waals surface area contributed by atoms with Crippen LogP contribution in [0.15, 0.2) is 59.7 Å². The second kappa shape index (κ2) is 9.09. The van der Waals surface area contributed by atoms with Gasteiger partial charge in [-0.05, 0) is 67.3 Å². The normalized spacial score (nSPS) is 15.9. The number of thioether (sulfide) groups is 1. The van der Waals surface area contributed by atoms with E-state index in [2.05, 4.69) is 55.8 Å². The lowest BCUT2D eigenvalue weighted by molar-refractivity contribution is 0.323. The Balaban J connectivity index is 1.41. The van der Waals surface area contributed by atoms with E-state index < -0.39 is 0 Å². The van der Waals surface area contributed by atoms with E-state index in [4.69, 9.17) is 9.73 Å². The van der Waals surface area contributed by atoms with Gasteiger partial charge in [0.2, 0.25) is 5.90 Å². The minimum absolute atomic E-state index is 0.150. The minimum Gasteiger partial charge on any atom is -0.474 e. The maximum absolute atomic E-state index is 13.0. The number of aliphatic imine (C=N–C) groups is 1. The van der Waals surface area contributed by atoms with E-state index in [0.29, 0.717) is 6.61 Å². The molecule has 0 spiro atoms. The average molecular weight is 423 g/mol. The molecule has 0 aliphatic carbocycles. The Morgan fingerprint density at radius 3 is 2.57 bits per heavy atom. The first-order valence-corrected chi connectivity index (χ1v) is 11.4. The number of aryl methyl sites for hydroxylation is 3. The molecule has 2 aromatic carbocycles. The van der Waals surface area contributed by atoms with Gasteiger partial charge < -0.3 is 9.30 Å². The number of hydrogen-bond donors (Lipinski definition) is 0. The largest absolute Gasteiger partial charge is 0.474 e. The van der Waals surface area contributed by atoms with Crippen LogP contribution in [0, 0.1) is 26.6 Å². The van der Waals surface area contributed by atoms with Crippen molar-refractivity contribution in [3.8, 4) is 0 Å². The van der Waals surface area contributed by atoms with E-state index in [9.17, 15) is 4.39 Å². The molecule has 1 aliphatic heterocycles. The molecule has 0 fully saturated rings. The summed E-state index contributed by atoms with van der Waals surface area (Å²) in [5.41, 5.74) is 7.43. The summed E-state index contributed by atoms with van der Waals surface area (Å²) in [4.78, 5) is 4.83. The number of halogens is 1. The van der Waals surface area contributed by atoms with Crippen molar-refractivity contribution in [2.24, 2.45) is 4.99 Å².